The maximum absolute atomic E-state index is 13.0. The molecule has 0 heterocycles. The summed E-state index contributed by atoms with van der Waals surface area (Å²) in [6, 6.07) is 0. The summed E-state index contributed by atoms with van der Waals surface area (Å²) in [5, 5.41) is 10.6. The number of phosphoric acid groups is 2. The number of allylic oxidation sites excluding steroid dienone is 4. The van der Waals surface area contributed by atoms with Crippen molar-refractivity contribution < 1.29 is 80.2 Å². The van der Waals surface area contributed by atoms with Crippen LogP contribution in [-0.4, -0.2) is 96.7 Å². The van der Waals surface area contributed by atoms with Gasteiger partial charge in [-0.15, -0.1) is 0 Å². The molecule has 5 atom stereocenters. The summed E-state index contributed by atoms with van der Waals surface area (Å²) in [6.45, 7) is 7.19. The Labute approximate surface area is 561 Å². The van der Waals surface area contributed by atoms with Gasteiger partial charge in [-0.25, -0.2) is 9.13 Å². The van der Waals surface area contributed by atoms with E-state index in [4.69, 9.17) is 37.0 Å². The molecule has 2 unspecified atom stereocenters. The number of carbonyl (C=O) groups is 4. The summed E-state index contributed by atoms with van der Waals surface area (Å²) in [5.74, 6) is -1.40. The molecule has 17 nitrogen and oxygen atoms in total. The second kappa shape index (κ2) is 65.8. The van der Waals surface area contributed by atoms with Gasteiger partial charge in [0, 0.05) is 25.7 Å². The summed E-state index contributed by atoms with van der Waals surface area (Å²) in [7, 11) is -9.92. The van der Waals surface area contributed by atoms with Gasteiger partial charge >= 0.3 is 39.5 Å². The molecular formula is C73H138O17P2. The molecule has 0 aromatic carbocycles. The standard InChI is InChI=1S/C73H138O17P2/c1-6-9-12-15-18-21-24-26-28-30-32-38-43-48-53-58-72(77)89-69(63-84-71(76)57-52-47-42-37-31-29-27-25-22-19-16-13-10-7-2)65-88-92(81,82)86-61-67(74)60-85-91(79,80)87-64-68(62-83-70(75)56-51-46-41-36-23-20-17-14-11-8-3)90-73(78)59-54-49-44-39-34-33-35-40-45-50-55-66(4)5/h21,24,26,28,66-69,74H,6-20,22-23,25,27,29-65H2,1-5H3,(H,79,80)(H,81,82)/b24-21-,28-26-/t67-,68+,69+/m0/s1. The number of esters is 4. The molecular weight excluding hydrogens is 1210 g/mol. The van der Waals surface area contributed by atoms with E-state index in [-0.39, 0.29) is 25.7 Å². The molecule has 0 rings (SSSR count). The number of rotatable bonds is 71. The molecule has 0 aromatic heterocycles. The van der Waals surface area contributed by atoms with Crippen LogP contribution in [-0.2, 0) is 65.4 Å². The van der Waals surface area contributed by atoms with Gasteiger partial charge in [0.2, 0.25) is 0 Å². The van der Waals surface area contributed by atoms with E-state index >= 15 is 0 Å². The van der Waals surface area contributed by atoms with Crippen molar-refractivity contribution in [3.8, 4) is 0 Å². The molecule has 0 amide bonds. The van der Waals surface area contributed by atoms with Gasteiger partial charge in [0.25, 0.3) is 0 Å². The molecule has 542 valence electrons. The van der Waals surface area contributed by atoms with Crippen LogP contribution < -0.4 is 0 Å². The van der Waals surface area contributed by atoms with Crippen LogP contribution in [0.25, 0.3) is 0 Å². The van der Waals surface area contributed by atoms with E-state index in [0.29, 0.717) is 25.7 Å². The first-order chi connectivity index (χ1) is 44.5. The van der Waals surface area contributed by atoms with Gasteiger partial charge in [0.1, 0.15) is 19.3 Å². The second-order valence-electron chi connectivity index (χ2n) is 26.1. The normalized spacial score (nSPS) is 14.2. The van der Waals surface area contributed by atoms with Crippen molar-refractivity contribution in [2.24, 2.45) is 5.92 Å². The highest BCUT2D eigenvalue weighted by atomic mass is 31.2. The number of hydrogen-bond donors (Lipinski definition) is 3. The number of phosphoric ester groups is 2. The quantitative estimate of drug-likeness (QED) is 0.0169. The minimum atomic E-state index is -4.96. The van der Waals surface area contributed by atoms with Gasteiger partial charge in [0.15, 0.2) is 12.2 Å². The zero-order valence-electron chi connectivity index (χ0n) is 59.2. The first-order valence-electron chi connectivity index (χ1n) is 37.5. The zero-order valence-corrected chi connectivity index (χ0v) is 61.0. The summed E-state index contributed by atoms with van der Waals surface area (Å²) < 4.78 is 68.4. The van der Waals surface area contributed by atoms with E-state index in [0.717, 1.165) is 109 Å². The summed E-state index contributed by atoms with van der Waals surface area (Å²) in [6.07, 6.45) is 56.2. The van der Waals surface area contributed by atoms with Crippen molar-refractivity contribution in [1.29, 1.82) is 0 Å². The molecule has 0 aliphatic carbocycles. The monoisotopic (exact) mass is 1350 g/mol. The third-order valence-corrected chi connectivity index (χ3v) is 18.3. The van der Waals surface area contributed by atoms with E-state index in [1.54, 1.807) is 0 Å². The van der Waals surface area contributed by atoms with Crippen LogP contribution >= 0.6 is 15.6 Å². The molecule has 0 bridgehead atoms. The smallest absolute Gasteiger partial charge is 0.462 e. The largest absolute Gasteiger partial charge is 0.472 e. The van der Waals surface area contributed by atoms with Crippen LogP contribution in [0.4, 0.5) is 0 Å². The highest BCUT2D eigenvalue weighted by molar-refractivity contribution is 7.47. The first-order valence-corrected chi connectivity index (χ1v) is 40.4. The highest BCUT2D eigenvalue weighted by Gasteiger charge is 2.30. The average Bonchev–Trinajstić information content (AvgIpc) is 2.05. The van der Waals surface area contributed by atoms with Crippen molar-refractivity contribution in [1.82, 2.24) is 0 Å². The molecule has 0 saturated heterocycles. The van der Waals surface area contributed by atoms with Gasteiger partial charge in [-0.2, -0.15) is 0 Å². The van der Waals surface area contributed by atoms with Crippen molar-refractivity contribution in [2.45, 2.75) is 374 Å². The molecule has 0 aromatic rings. The molecule has 92 heavy (non-hydrogen) atoms. The maximum Gasteiger partial charge on any atom is 0.472 e. The fraction of sp³-hybridized carbons (Fsp3) is 0.890. The Balaban J connectivity index is 5.29. The molecule has 0 aliphatic heterocycles. The number of aliphatic hydroxyl groups excluding tert-OH is 1. The highest BCUT2D eigenvalue weighted by Crippen LogP contribution is 2.45. The topological polar surface area (TPSA) is 237 Å². The van der Waals surface area contributed by atoms with Crippen molar-refractivity contribution in [3.63, 3.8) is 0 Å². The minimum Gasteiger partial charge on any atom is -0.462 e. The second-order valence-corrected chi connectivity index (χ2v) is 29.0. The van der Waals surface area contributed by atoms with Crippen molar-refractivity contribution in [3.05, 3.63) is 24.3 Å². The Bertz CT molecular complexity index is 1860. The number of ether oxygens (including phenoxy) is 4. The fourth-order valence-corrected chi connectivity index (χ4v) is 12.2. The van der Waals surface area contributed by atoms with Gasteiger partial charge < -0.3 is 33.8 Å². The van der Waals surface area contributed by atoms with E-state index in [9.17, 15) is 43.2 Å². The van der Waals surface area contributed by atoms with Crippen LogP contribution in [0.2, 0.25) is 0 Å². The van der Waals surface area contributed by atoms with E-state index in [1.807, 2.05) is 0 Å². The summed E-state index contributed by atoms with van der Waals surface area (Å²) >= 11 is 0. The lowest BCUT2D eigenvalue weighted by molar-refractivity contribution is -0.161. The summed E-state index contributed by atoms with van der Waals surface area (Å²) in [4.78, 5) is 72.6. The predicted octanol–water partition coefficient (Wildman–Crippen LogP) is 20.9. The Morgan fingerprint density at radius 2 is 0.587 bits per heavy atom. The van der Waals surface area contributed by atoms with Gasteiger partial charge in [-0.05, 0) is 57.3 Å². The first kappa shape index (κ1) is 89.5. The van der Waals surface area contributed by atoms with E-state index in [1.165, 1.54) is 167 Å². The lowest BCUT2D eigenvalue weighted by Gasteiger charge is -2.21. The molecule has 19 heteroatoms. The summed E-state index contributed by atoms with van der Waals surface area (Å²) in [5.41, 5.74) is 0. The van der Waals surface area contributed by atoms with Crippen LogP contribution in [0.1, 0.15) is 356 Å². The lowest BCUT2D eigenvalue weighted by Crippen LogP contribution is -2.30. The predicted molar refractivity (Wildman–Crippen MR) is 372 cm³/mol. The molecule has 0 fully saturated rings. The Morgan fingerprint density at radius 1 is 0.337 bits per heavy atom. The zero-order chi connectivity index (χ0) is 67.7. The average molecular weight is 1350 g/mol. The number of hydrogen-bond acceptors (Lipinski definition) is 15. The van der Waals surface area contributed by atoms with E-state index in [2.05, 4.69) is 58.9 Å². The molecule has 3 N–H and O–H groups in total. The Hall–Kier alpha value is -2.46. The Kier molecular flexibility index (Phi) is 64.0. The lowest BCUT2D eigenvalue weighted by atomic mass is 10.0. The number of aliphatic hydroxyl groups is 1. The minimum absolute atomic E-state index is 0.0856. The fourth-order valence-electron chi connectivity index (χ4n) is 10.6. The van der Waals surface area contributed by atoms with Crippen LogP contribution in [0, 0.1) is 5.92 Å². The van der Waals surface area contributed by atoms with Gasteiger partial charge in [-0.3, -0.25) is 37.3 Å². The molecule has 0 aliphatic rings. The van der Waals surface area contributed by atoms with Crippen LogP contribution in [0.15, 0.2) is 24.3 Å². The third-order valence-electron chi connectivity index (χ3n) is 16.4. The number of carbonyl (C=O) groups excluding carboxylic acids is 4. The Morgan fingerprint density at radius 3 is 0.891 bits per heavy atom. The van der Waals surface area contributed by atoms with E-state index < -0.39 is 97.5 Å². The molecule has 0 spiro atoms. The number of unbranched alkanes of at least 4 members (excludes halogenated alkanes) is 40. The molecule has 0 saturated carbocycles. The van der Waals surface area contributed by atoms with Gasteiger partial charge in [-0.1, -0.05) is 303 Å². The SMILES string of the molecule is CCCCCC/C=C\C=C/CCCCCCCC(=O)O[C@H](COC(=O)CCCCCCCCCCCCCCCC)COP(=O)(O)OC[C@@H](O)COP(=O)(O)OC[C@@H](COC(=O)CCCCCCCCCCCC)OC(=O)CCCCCCCCCCCCC(C)C. The van der Waals surface area contributed by atoms with Crippen LogP contribution in [0.5, 0.6) is 0 Å². The van der Waals surface area contributed by atoms with Crippen LogP contribution in [0.3, 0.4) is 0 Å². The van der Waals surface area contributed by atoms with Crippen molar-refractivity contribution in [2.75, 3.05) is 39.6 Å². The third kappa shape index (κ3) is 66.2. The van der Waals surface area contributed by atoms with Gasteiger partial charge in [0.05, 0.1) is 26.4 Å². The maximum atomic E-state index is 13.0. The molecule has 0 radical (unpaired) electrons. The van der Waals surface area contributed by atoms with Crippen molar-refractivity contribution >= 4 is 39.5 Å².